The van der Waals surface area contributed by atoms with E-state index in [4.69, 9.17) is 11.6 Å². The van der Waals surface area contributed by atoms with Gasteiger partial charge in [0.25, 0.3) is 0 Å². The molecular weight excluding hydrogens is 567 g/mol. The van der Waals surface area contributed by atoms with Gasteiger partial charge in [0.05, 0.1) is 5.69 Å². The van der Waals surface area contributed by atoms with Crippen molar-refractivity contribution in [3.8, 4) is 0 Å². The highest BCUT2D eigenvalue weighted by molar-refractivity contribution is 7.90. The van der Waals surface area contributed by atoms with E-state index in [0.717, 1.165) is 26.3 Å². The van der Waals surface area contributed by atoms with Crippen LogP contribution in [0.25, 0.3) is 0 Å². The first-order valence-electron chi connectivity index (χ1n) is 13.3. The predicted molar refractivity (Wildman–Crippen MR) is 160 cm³/mol. The van der Waals surface area contributed by atoms with Gasteiger partial charge in [0.2, 0.25) is 11.8 Å². The summed E-state index contributed by atoms with van der Waals surface area (Å²) in [6, 6.07) is 19.9. The van der Waals surface area contributed by atoms with E-state index in [1.807, 2.05) is 44.2 Å². The lowest BCUT2D eigenvalue weighted by atomic mass is 10.0. The highest BCUT2D eigenvalue weighted by atomic mass is 35.5. The van der Waals surface area contributed by atoms with Crippen LogP contribution in [0.4, 0.5) is 10.1 Å². The molecule has 0 aliphatic carbocycles. The molecule has 220 valence electrons. The van der Waals surface area contributed by atoms with Crippen LogP contribution in [-0.4, -0.2) is 62.2 Å². The molecule has 0 aromatic heterocycles. The van der Waals surface area contributed by atoms with Gasteiger partial charge in [-0.2, -0.15) is 12.7 Å². The van der Waals surface area contributed by atoms with Crippen LogP contribution in [0.1, 0.15) is 31.4 Å². The first-order chi connectivity index (χ1) is 19.4. The molecule has 11 heteroatoms. The molecule has 0 spiro atoms. The summed E-state index contributed by atoms with van der Waals surface area (Å²) < 4.78 is 42.3. The summed E-state index contributed by atoms with van der Waals surface area (Å²) in [5, 5.41) is 3.38. The van der Waals surface area contributed by atoms with Crippen LogP contribution >= 0.6 is 11.6 Å². The molecule has 3 rings (SSSR count). The molecule has 0 heterocycles. The van der Waals surface area contributed by atoms with Crippen molar-refractivity contribution in [2.75, 3.05) is 24.9 Å². The SMILES string of the molecule is CC[C@@H](C)NC(=O)[C@H](Cc1ccccc1)N(Cc1ccccc1Cl)C(=O)CN(c1ccc(F)cc1)S(=O)(=O)N(C)C. The van der Waals surface area contributed by atoms with Gasteiger partial charge in [0.1, 0.15) is 18.4 Å². The van der Waals surface area contributed by atoms with E-state index in [1.165, 1.54) is 31.1 Å². The number of hydrogen-bond donors (Lipinski definition) is 1. The summed E-state index contributed by atoms with van der Waals surface area (Å²) >= 11 is 6.47. The quantitative estimate of drug-likeness (QED) is 0.308. The second-order valence-corrected chi connectivity index (χ2v) is 12.4. The Balaban J connectivity index is 2.10. The van der Waals surface area contributed by atoms with Crippen LogP contribution < -0.4 is 9.62 Å². The molecule has 2 amide bonds. The van der Waals surface area contributed by atoms with Crippen molar-refractivity contribution in [3.05, 3.63) is 101 Å². The first-order valence-corrected chi connectivity index (χ1v) is 15.0. The molecule has 0 saturated carbocycles. The number of benzene rings is 3. The fourth-order valence-electron chi connectivity index (χ4n) is 4.13. The Labute approximate surface area is 246 Å². The number of amides is 2. The summed E-state index contributed by atoms with van der Waals surface area (Å²) in [7, 11) is -1.49. The molecule has 2 atom stereocenters. The van der Waals surface area contributed by atoms with Crippen LogP contribution in [-0.2, 0) is 32.8 Å². The van der Waals surface area contributed by atoms with E-state index in [1.54, 1.807) is 24.3 Å². The monoisotopic (exact) mass is 602 g/mol. The summed E-state index contributed by atoms with van der Waals surface area (Å²) in [5.74, 6) is -1.54. The Morgan fingerprint density at radius 1 is 0.951 bits per heavy atom. The van der Waals surface area contributed by atoms with Gasteiger partial charge in [-0.1, -0.05) is 67.1 Å². The molecule has 0 fully saturated rings. The Morgan fingerprint density at radius 2 is 1.56 bits per heavy atom. The second kappa shape index (κ2) is 14.4. The molecule has 0 aliphatic rings. The van der Waals surface area contributed by atoms with E-state index >= 15 is 0 Å². The molecule has 41 heavy (non-hydrogen) atoms. The van der Waals surface area contributed by atoms with Gasteiger partial charge in [0.15, 0.2) is 0 Å². The normalized spacial score (nSPS) is 13.0. The van der Waals surface area contributed by atoms with Crippen molar-refractivity contribution >= 4 is 39.3 Å². The predicted octanol–water partition coefficient (Wildman–Crippen LogP) is 4.65. The summed E-state index contributed by atoms with van der Waals surface area (Å²) in [6.45, 7) is 3.15. The summed E-state index contributed by atoms with van der Waals surface area (Å²) in [4.78, 5) is 29.3. The van der Waals surface area contributed by atoms with Crippen LogP contribution in [0.5, 0.6) is 0 Å². The number of nitrogens with zero attached hydrogens (tertiary/aromatic N) is 3. The van der Waals surface area contributed by atoms with Gasteiger partial charge in [-0.25, -0.2) is 8.70 Å². The first kappa shape index (κ1) is 32.0. The molecule has 3 aromatic carbocycles. The molecule has 0 bridgehead atoms. The van der Waals surface area contributed by atoms with Gasteiger partial charge in [-0.05, 0) is 54.8 Å². The van der Waals surface area contributed by atoms with Crippen molar-refractivity contribution in [1.82, 2.24) is 14.5 Å². The summed E-state index contributed by atoms with van der Waals surface area (Å²) in [6.07, 6.45) is 0.873. The van der Waals surface area contributed by atoms with Crippen molar-refractivity contribution < 1.29 is 22.4 Å². The van der Waals surface area contributed by atoms with Gasteiger partial charge < -0.3 is 10.2 Å². The molecule has 0 unspecified atom stereocenters. The molecule has 0 saturated heterocycles. The molecule has 3 aromatic rings. The maximum Gasteiger partial charge on any atom is 0.304 e. The Hall–Kier alpha value is -3.47. The largest absolute Gasteiger partial charge is 0.352 e. The minimum atomic E-state index is -4.17. The van der Waals surface area contributed by atoms with E-state index < -0.39 is 34.5 Å². The smallest absolute Gasteiger partial charge is 0.304 e. The minimum absolute atomic E-state index is 0.0385. The standard InChI is InChI=1S/C30H36ClFN4O4S/c1-5-22(2)33-30(38)28(19-23-11-7-6-8-12-23)35(20-24-13-9-10-14-27(24)31)29(37)21-36(41(39,40)34(3)4)26-17-15-25(32)16-18-26/h6-18,22,28H,5,19-21H2,1-4H3,(H,33,38)/t22-,28+/m1/s1. The highest BCUT2D eigenvalue weighted by Gasteiger charge is 2.35. The molecule has 8 nitrogen and oxygen atoms in total. The Kier molecular flexibility index (Phi) is 11.3. The maximum atomic E-state index is 14.2. The maximum absolute atomic E-state index is 14.2. The van der Waals surface area contributed by atoms with E-state index in [-0.39, 0.29) is 30.6 Å². The molecule has 0 aliphatic heterocycles. The average Bonchev–Trinajstić information content (AvgIpc) is 2.95. The second-order valence-electron chi connectivity index (χ2n) is 9.91. The average molecular weight is 603 g/mol. The number of halogens is 2. The number of rotatable bonds is 13. The van der Waals surface area contributed by atoms with Crippen LogP contribution in [0.3, 0.4) is 0 Å². The van der Waals surface area contributed by atoms with E-state index in [2.05, 4.69) is 5.32 Å². The Morgan fingerprint density at radius 3 is 2.15 bits per heavy atom. The van der Waals surface area contributed by atoms with Crippen LogP contribution in [0.15, 0.2) is 78.9 Å². The van der Waals surface area contributed by atoms with Crippen molar-refractivity contribution in [2.24, 2.45) is 0 Å². The zero-order valence-corrected chi connectivity index (χ0v) is 25.2. The summed E-state index contributed by atoms with van der Waals surface area (Å²) in [5.41, 5.74) is 1.53. The number of hydrogen-bond acceptors (Lipinski definition) is 4. The lowest BCUT2D eigenvalue weighted by Gasteiger charge is -2.35. The van der Waals surface area contributed by atoms with Crippen LogP contribution in [0, 0.1) is 5.82 Å². The van der Waals surface area contributed by atoms with E-state index in [0.29, 0.717) is 17.0 Å². The fourth-order valence-corrected chi connectivity index (χ4v) is 5.38. The van der Waals surface area contributed by atoms with Gasteiger partial charge in [-0.15, -0.1) is 0 Å². The zero-order valence-electron chi connectivity index (χ0n) is 23.6. The fraction of sp³-hybridized carbons (Fsp3) is 0.333. The number of nitrogens with one attached hydrogen (secondary N) is 1. The molecular formula is C30H36ClFN4O4S. The number of anilines is 1. The van der Waals surface area contributed by atoms with Gasteiger partial charge >= 0.3 is 10.2 Å². The molecule has 1 N–H and O–H groups in total. The Bertz CT molecular complexity index is 1420. The van der Waals surface area contributed by atoms with E-state index in [9.17, 15) is 22.4 Å². The van der Waals surface area contributed by atoms with Crippen molar-refractivity contribution in [1.29, 1.82) is 0 Å². The van der Waals surface area contributed by atoms with Gasteiger partial charge in [-0.3, -0.25) is 9.59 Å². The lowest BCUT2D eigenvalue weighted by molar-refractivity contribution is -0.140. The van der Waals surface area contributed by atoms with Crippen molar-refractivity contribution in [3.63, 3.8) is 0 Å². The zero-order chi connectivity index (χ0) is 30.2. The lowest BCUT2D eigenvalue weighted by Crippen LogP contribution is -2.55. The number of carbonyl (C=O) groups is 2. The van der Waals surface area contributed by atoms with Gasteiger partial charge in [0, 0.05) is 38.1 Å². The third-order valence-electron chi connectivity index (χ3n) is 6.70. The third kappa shape index (κ3) is 8.51. The highest BCUT2D eigenvalue weighted by Crippen LogP contribution is 2.24. The molecule has 0 radical (unpaired) electrons. The van der Waals surface area contributed by atoms with Crippen molar-refractivity contribution in [2.45, 2.75) is 45.3 Å². The van der Waals surface area contributed by atoms with Crippen LogP contribution in [0.2, 0.25) is 5.02 Å². The number of carbonyl (C=O) groups excluding carboxylic acids is 2. The third-order valence-corrected chi connectivity index (χ3v) is 8.89. The minimum Gasteiger partial charge on any atom is -0.352 e. The topological polar surface area (TPSA) is 90.0 Å².